The Labute approximate surface area is 173 Å². The van der Waals surface area contributed by atoms with Crippen LogP contribution in [0.15, 0.2) is 64.7 Å². The smallest absolute Gasteiger partial charge is 0.338 e. The quantitative estimate of drug-likeness (QED) is 0.704. The van der Waals surface area contributed by atoms with Crippen molar-refractivity contribution in [1.82, 2.24) is 10.6 Å². The van der Waals surface area contributed by atoms with Crippen LogP contribution in [-0.4, -0.2) is 33.3 Å². The molecule has 0 saturated heterocycles. The van der Waals surface area contributed by atoms with Crippen molar-refractivity contribution in [2.75, 3.05) is 12.9 Å². The van der Waals surface area contributed by atoms with Gasteiger partial charge >= 0.3 is 12.0 Å². The second-order valence-corrected chi connectivity index (χ2v) is 8.97. The number of ether oxygens (including phenoxy) is 1. The van der Waals surface area contributed by atoms with Crippen LogP contribution >= 0.6 is 11.6 Å². The number of halogens is 1. The van der Waals surface area contributed by atoms with E-state index in [1.54, 1.807) is 36.4 Å². The molecule has 29 heavy (non-hydrogen) atoms. The summed E-state index contributed by atoms with van der Waals surface area (Å²) in [6.07, 6.45) is 0. The zero-order valence-corrected chi connectivity index (χ0v) is 17.3. The summed E-state index contributed by atoms with van der Waals surface area (Å²) in [7, 11) is -2.64. The number of hydrogen-bond acceptors (Lipinski definition) is 5. The molecule has 7 nitrogen and oxygen atoms in total. The molecule has 2 aromatic carbocycles. The monoisotopic (exact) mass is 434 g/mol. The molecule has 1 atom stereocenters. The standard InChI is InChI=1S/C20H19ClN2O5S/c1-12-6-8-15(9-7-12)29(26,27)11-16-17(19(24)28-2)18(23-20(25)22-16)13-4-3-5-14(21)10-13/h3-10,18H,11H2,1-2H3,(H2,22,23,25)/t18-/m1/s1. The second kappa shape index (κ2) is 8.26. The summed E-state index contributed by atoms with van der Waals surface area (Å²) in [6, 6.07) is 11.4. The number of methoxy groups -OCH3 is 1. The Kier molecular flexibility index (Phi) is 5.95. The van der Waals surface area contributed by atoms with Gasteiger partial charge in [-0.05, 0) is 36.8 Å². The maximum absolute atomic E-state index is 12.9. The predicted octanol–water partition coefficient (Wildman–Crippen LogP) is 2.90. The van der Waals surface area contributed by atoms with E-state index < -0.39 is 33.6 Å². The molecule has 0 saturated carbocycles. The van der Waals surface area contributed by atoms with Crippen molar-refractivity contribution in [2.45, 2.75) is 17.9 Å². The molecule has 1 aliphatic heterocycles. The number of esters is 1. The van der Waals surface area contributed by atoms with Gasteiger partial charge in [-0.3, -0.25) is 0 Å². The topological polar surface area (TPSA) is 102 Å². The Hall–Kier alpha value is -2.84. The molecule has 3 rings (SSSR count). The van der Waals surface area contributed by atoms with Gasteiger partial charge in [-0.2, -0.15) is 0 Å². The first-order valence-corrected chi connectivity index (χ1v) is 10.7. The third kappa shape index (κ3) is 4.60. The maximum Gasteiger partial charge on any atom is 0.338 e. The molecular formula is C20H19ClN2O5S. The van der Waals surface area contributed by atoms with Gasteiger partial charge in [0, 0.05) is 10.7 Å². The average molecular weight is 435 g/mol. The van der Waals surface area contributed by atoms with Crippen molar-refractivity contribution < 1.29 is 22.7 Å². The van der Waals surface area contributed by atoms with E-state index in [1.807, 2.05) is 6.92 Å². The van der Waals surface area contributed by atoms with Crippen molar-refractivity contribution in [3.63, 3.8) is 0 Å². The zero-order chi connectivity index (χ0) is 21.2. The Morgan fingerprint density at radius 2 is 1.86 bits per heavy atom. The average Bonchev–Trinajstić information content (AvgIpc) is 2.67. The number of hydrogen-bond donors (Lipinski definition) is 2. The minimum atomic E-state index is -3.82. The normalized spacial score (nSPS) is 16.8. The van der Waals surface area contributed by atoms with Gasteiger partial charge in [-0.1, -0.05) is 41.4 Å². The number of amides is 2. The fourth-order valence-corrected chi connectivity index (χ4v) is 4.56. The van der Waals surface area contributed by atoms with Crippen LogP contribution in [0.5, 0.6) is 0 Å². The van der Waals surface area contributed by atoms with E-state index >= 15 is 0 Å². The van der Waals surface area contributed by atoms with Gasteiger partial charge in [0.2, 0.25) is 0 Å². The molecule has 0 fully saturated rings. The first-order valence-electron chi connectivity index (χ1n) is 8.65. The van der Waals surface area contributed by atoms with E-state index in [0.29, 0.717) is 10.6 Å². The highest BCUT2D eigenvalue weighted by molar-refractivity contribution is 7.91. The van der Waals surface area contributed by atoms with Gasteiger partial charge in [-0.15, -0.1) is 0 Å². The molecule has 0 aromatic heterocycles. The van der Waals surface area contributed by atoms with E-state index in [2.05, 4.69) is 10.6 Å². The summed E-state index contributed by atoms with van der Waals surface area (Å²) >= 11 is 6.04. The van der Waals surface area contributed by atoms with Crippen molar-refractivity contribution in [2.24, 2.45) is 0 Å². The number of urea groups is 1. The lowest BCUT2D eigenvalue weighted by Crippen LogP contribution is -2.47. The highest BCUT2D eigenvalue weighted by Crippen LogP contribution is 2.30. The van der Waals surface area contributed by atoms with Gasteiger partial charge in [0.25, 0.3) is 0 Å². The number of sulfone groups is 1. The molecule has 0 bridgehead atoms. The number of benzene rings is 2. The first-order chi connectivity index (χ1) is 13.7. The first kappa shape index (κ1) is 20.9. The summed E-state index contributed by atoms with van der Waals surface area (Å²) in [5.74, 6) is -1.32. The van der Waals surface area contributed by atoms with Gasteiger partial charge in [0.15, 0.2) is 9.84 Å². The van der Waals surface area contributed by atoms with E-state index in [-0.39, 0.29) is 16.2 Å². The Bertz CT molecular complexity index is 1090. The van der Waals surface area contributed by atoms with Crippen LogP contribution in [0.25, 0.3) is 0 Å². The van der Waals surface area contributed by atoms with Crippen LogP contribution in [0.3, 0.4) is 0 Å². The summed E-state index contributed by atoms with van der Waals surface area (Å²) in [4.78, 5) is 24.8. The molecule has 2 amide bonds. The van der Waals surface area contributed by atoms with Crippen molar-refractivity contribution in [1.29, 1.82) is 0 Å². The predicted molar refractivity (Wildman–Crippen MR) is 108 cm³/mol. The number of carbonyl (C=O) groups is 2. The van der Waals surface area contributed by atoms with Gasteiger partial charge in [0.05, 0.1) is 29.4 Å². The Balaban J connectivity index is 2.09. The lowest BCUT2D eigenvalue weighted by atomic mass is 9.95. The highest BCUT2D eigenvalue weighted by atomic mass is 35.5. The van der Waals surface area contributed by atoms with Crippen LogP contribution in [0.4, 0.5) is 4.79 Å². The van der Waals surface area contributed by atoms with Crippen molar-refractivity contribution >= 4 is 33.4 Å². The van der Waals surface area contributed by atoms with E-state index in [9.17, 15) is 18.0 Å². The molecular weight excluding hydrogens is 416 g/mol. The second-order valence-electron chi connectivity index (χ2n) is 6.54. The van der Waals surface area contributed by atoms with Crippen LogP contribution in [0, 0.1) is 6.92 Å². The lowest BCUT2D eigenvalue weighted by molar-refractivity contribution is -0.136. The maximum atomic E-state index is 12.9. The molecule has 2 aromatic rings. The Morgan fingerprint density at radius 1 is 1.17 bits per heavy atom. The minimum Gasteiger partial charge on any atom is -0.466 e. The number of rotatable bonds is 5. The molecule has 2 N–H and O–H groups in total. The molecule has 9 heteroatoms. The third-order valence-electron chi connectivity index (χ3n) is 4.46. The van der Waals surface area contributed by atoms with Gasteiger partial charge in [-0.25, -0.2) is 18.0 Å². The van der Waals surface area contributed by atoms with E-state index in [0.717, 1.165) is 5.56 Å². The minimum absolute atomic E-state index is 0.00468. The molecule has 1 heterocycles. The van der Waals surface area contributed by atoms with E-state index in [4.69, 9.17) is 16.3 Å². The summed E-state index contributed by atoms with van der Waals surface area (Å²) in [6.45, 7) is 1.84. The van der Waals surface area contributed by atoms with Crippen molar-refractivity contribution in [3.05, 3.63) is 76.0 Å². The molecule has 152 valence electrons. The van der Waals surface area contributed by atoms with Crippen LogP contribution < -0.4 is 10.6 Å². The fourth-order valence-electron chi connectivity index (χ4n) is 3.04. The van der Waals surface area contributed by atoms with Crippen LogP contribution in [0.1, 0.15) is 17.2 Å². The summed E-state index contributed by atoms with van der Waals surface area (Å²) < 4.78 is 30.6. The number of nitrogens with one attached hydrogen (secondary N) is 2. The molecule has 1 aliphatic rings. The molecule has 0 spiro atoms. The fraction of sp³-hybridized carbons (Fsp3) is 0.200. The van der Waals surface area contributed by atoms with Gasteiger partial charge < -0.3 is 15.4 Å². The molecule has 0 radical (unpaired) electrons. The highest BCUT2D eigenvalue weighted by Gasteiger charge is 2.35. The third-order valence-corrected chi connectivity index (χ3v) is 6.35. The summed E-state index contributed by atoms with van der Waals surface area (Å²) in [5.41, 5.74) is 1.41. The van der Waals surface area contributed by atoms with Crippen molar-refractivity contribution in [3.8, 4) is 0 Å². The lowest BCUT2D eigenvalue weighted by Gasteiger charge is -2.29. The van der Waals surface area contributed by atoms with Crippen LogP contribution in [-0.2, 0) is 19.4 Å². The van der Waals surface area contributed by atoms with Crippen LogP contribution in [0.2, 0.25) is 5.02 Å². The van der Waals surface area contributed by atoms with Gasteiger partial charge in [0.1, 0.15) is 0 Å². The van der Waals surface area contributed by atoms with E-state index in [1.165, 1.54) is 19.2 Å². The molecule has 0 aliphatic carbocycles. The number of aryl methyl sites for hydroxylation is 1. The molecule has 0 unspecified atom stereocenters. The Morgan fingerprint density at radius 3 is 2.48 bits per heavy atom. The SMILES string of the molecule is COC(=O)C1=C(CS(=O)(=O)c2ccc(C)cc2)NC(=O)N[C@@H]1c1cccc(Cl)c1. The largest absolute Gasteiger partial charge is 0.466 e. The summed E-state index contributed by atoms with van der Waals surface area (Å²) in [5, 5.41) is 5.49. The zero-order valence-electron chi connectivity index (χ0n) is 15.7. The number of carbonyl (C=O) groups excluding carboxylic acids is 2.